The second-order valence-corrected chi connectivity index (χ2v) is 5.90. The average Bonchev–Trinajstić information content (AvgIpc) is 2.46. The van der Waals surface area contributed by atoms with E-state index in [9.17, 15) is 0 Å². The van der Waals surface area contributed by atoms with E-state index in [1.165, 1.54) is 18.4 Å². The summed E-state index contributed by atoms with van der Waals surface area (Å²) in [5.74, 6) is 2.40. The highest BCUT2D eigenvalue weighted by atomic mass is 16.5. The van der Waals surface area contributed by atoms with E-state index in [0.717, 1.165) is 37.7 Å². The monoisotopic (exact) mass is 276 g/mol. The van der Waals surface area contributed by atoms with Gasteiger partial charge >= 0.3 is 0 Å². The van der Waals surface area contributed by atoms with E-state index in [1.54, 1.807) is 7.11 Å². The van der Waals surface area contributed by atoms with Gasteiger partial charge in [0.1, 0.15) is 6.10 Å². The van der Waals surface area contributed by atoms with Crippen LogP contribution in [-0.4, -0.2) is 51.3 Å². The molecule has 3 rings (SSSR count). The molecule has 4 heteroatoms. The maximum atomic E-state index is 6.09. The summed E-state index contributed by atoms with van der Waals surface area (Å²) >= 11 is 0. The Morgan fingerprint density at radius 2 is 1.90 bits per heavy atom. The molecule has 0 radical (unpaired) electrons. The van der Waals surface area contributed by atoms with Crippen molar-refractivity contribution in [1.29, 1.82) is 0 Å². The number of methoxy groups -OCH3 is 1. The van der Waals surface area contributed by atoms with Gasteiger partial charge in [-0.2, -0.15) is 0 Å². The van der Waals surface area contributed by atoms with Crippen LogP contribution in [-0.2, 0) is 0 Å². The second kappa shape index (κ2) is 6.02. The molecule has 0 aromatic heterocycles. The van der Waals surface area contributed by atoms with Gasteiger partial charge < -0.3 is 14.8 Å². The van der Waals surface area contributed by atoms with E-state index in [0.29, 0.717) is 12.0 Å². The van der Waals surface area contributed by atoms with Gasteiger partial charge in [-0.3, -0.25) is 4.90 Å². The maximum Gasteiger partial charge on any atom is 0.162 e. The molecule has 0 spiro atoms. The van der Waals surface area contributed by atoms with Crippen molar-refractivity contribution in [1.82, 2.24) is 10.2 Å². The number of nitrogens with one attached hydrogen (secondary N) is 1. The van der Waals surface area contributed by atoms with Crippen LogP contribution >= 0.6 is 0 Å². The molecule has 0 amide bonds. The molecule has 4 nitrogen and oxygen atoms in total. The van der Waals surface area contributed by atoms with Crippen molar-refractivity contribution >= 4 is 0 Å². The van der Waals surface area contributed by atoms with Crippen LogP contribution < -0.4 is 14.8 Å². The lowest BCUT2D eigenvalue weighted by Crippen LogP contribution is -2.51. The third-order valence-corrected chi connectivity index (χ3v) is 4.32. The van der Waals surface area contributed by atoms with Gasteiger partial charge in [-0.15, -0.1) is 0 Å². The van der Waals surface area contributed by atoms with Crippen LogP contribution in [0.2, 0.25) is 0 Å². The molecule has 0 aliphatic carbocycles. The van der Waals surface area contributed by atoms with Crippen LogP contribution in [0.4, 0.5) is 0 Å². The average molecular weight is 276 g/mol. The highest BCUT2D eigenvalue weighted by Gasteiger charge is 2.26. The highest BCUT2D eigenvalue weighted by molar-refractivity contribution is 5.44. The number of ether oxygens (including phenoxy) is 2. The Bertz CT molecular complexity index is 452. The first-order valence-electron chi connectivity index (χ1n) is 7.50. The quantitative estimate of drug-likeness (QED) is 0.910. The van der Waals surface area contributed by atoms with Gasteiger partial charge in [-0.1, -0.05) is 6.07 Å². The summed E-state index contributed by atoms with van der Waals surface area (Å²) in [5.41, 5.74) is 1.38. The van der Waals surface area contributed by atoms with Crippen LogP contribution in [0.3, 0.4) is 0 Å². The lowest BCUT2D eigenvalue weighted by atomic mass is 9.90. The summed E-state index contributed by atoms with van der Waals surface area (Å²) in [6.45, 7) is 4.22. The summed E-state index contributed by atoms with van der Waals surface area (Å²) in [7, 11) is 3.82. The van der Waals surface area contributed by atoms with Gasteiger partial charge in [-0.25, -0.2) is 0 Å². The predicted octanol–water partition coefficient (Wildman–Crippen LogP) is 1.85. The second-order valence-electron chi connectivity index (χ2n) is 5.90. The van der Waals surface area contributed by atoms with Crippen molar-refractivity contribution < 1.29 is 9.47 Å². The summed E-state index contributed by atoms with van der Waals surface area (Å²) in [6, 6.07) is 6.43. The van der Waals surface area contributed by atoms with Crippen molar-refractivity contribution in [2.75, 3.05) is 40.3 Å². The van der Waals surface area contributed by atoms with Crippen molar-refractivity contribution in [2.45, 2.75) is 24.9 Å². The molecule has 110 valence electrons. The first kappa shape index (κ1) is 13.7. The van der Waals surface area contributed by atoms with Crippen molar-refractivity contribution in [3.63, 3.8) is 0 Å². The Hall–Kier alpha value is -1.26. The van der Waals surface area contributed by atoms with Gasteiger partial charge in [0.05, 0.1) is 7.11 Å². The highest BCUT2D eigenvalue weighted by Crippen LogP contribution is 2.35. The number of benzene rings is 1. The van der Waals surface area contributed by atoms with Crippen molar-refractivity contribution in [2.24, 2.45) is 0 Å². The Morgan fingerprint density at radius 3 is 2.55 bits per heavy atom. The summed E-state index contributed by atoms with van der Waals surface area (Å²) in [4.78, 5) is 2.26. The van der Waals surface area contributed by atoms with Gasteiger partial charge in [0.25, 0.3) is 0 Å². The van der Waals surface area contributed by atoms with E-state index in [2.05, 4.69) is 35.5 Å². The molecule has 0 bridgehead atoms. The SMILES string of the molecule is COc1ccc(C2CCNCC2)cc1OC1CN(C)C1. The predicted molar refractivity (Wildman–Crippen MR) is 79.8 cm³/mol. The number of likely N-dealkylation sites (tertiary alicyclic amines) is 1. The van der Waals surface area contributed by atoms with E-state index >= 15 is 0 Å². The topological polar surface area (TPSA) is 33.7 Å². The van der Waals surface area contributed by atoms with E-state index in [1.807, 2.05) is 0 Å². The fourth-order valence-electron chi connectivity index (χ4n) is 3.09. The molecular weight excluding hydrogens is 252 g/mol. The Kier molecular flexibility index (Phi) is 4.13. The fraction of sp³-hybridized carbons (Fsp3) is 0.625. The number of hydrogen-bond acceptors (Lipinski definition) is 4. The standard InChI is InChI=1S/C16H24N2O2/c1-18-10-14(11-18)20-16-9-13(3-4-15(16)19-2)12-5-7-17-8-6-12/h3-4,9,12,14,17H,5-8,10-11H2,1-2H3. The Morgan fingerprint density at radius 1 is 1.15 bits per heavy atom. The third-order valence-electron chi connectivity index (χ3n) is 4.32. The van der Waals surface area contributed by atoms with Crippen LogP contribution in [0.25, 0.3) is 0 Å². The van der Waals surface area contributed by atoms with E-state index in [4.69, 9.17) is 9.47 Å². The minimum Gasteiger partial charge on any atom is -0.493 e. The molecule has 20 heavy (non-hydrogen) atoms. The van der Waals surface area contributed by atoms with E-state index in [-0.39, 0.29) is 0 Å². The lowest BCUT2D eigenvalue weighted by molar-refractivity contribution is 0.0369. The zero-order valence-corrected chi connectivity index (χ0v) is 12.4. The zero-order chi connectivity index (χ0) is 13.9. The van der Waals surface area contributed by atoms with Crippen LogP contribution in [0, 0.1) is 0 Å². The molecule has 2 aliphatic heterocycles. The number of likely N-dealkylation sites (N-methyl/N-ethyl adjacent to an activating group) is 1. The zero-order valence-electron chi connectivity index (χ0n) is 12.4. The minimum atomic E-state index is 0.303. The van der Waals surface area contributed by atoms with Crippen molar-refractivity contribution in [3.05, 3.63) is 23.8 Å². The summed E-state index contributed by atoms with van der Waals surface area (Å²) in [6.07, 6.45) is 2.72. The molecule has 1 aromatic rings. The summed E-state index contributed by atoms with van der Waals surface area (Å²) < 4.78 is 11.5. The van der Waals surface area contributed by atoms with Crippen LogP contribution in [0.5, 0.6) is 11.5 Å². The maximum absolute atomic E-state index is 6.09. The molecular formula is C16H24N2O2. The smallest absolute Gasteiger partial charge is 0.162 e. The Balaban J connectivity index is 1.75. The molecule has 2 saturated heterocycles. The molecule has 2 heterocycles. The fourth-order valence-corrected chi connectivity index (χ4v) is 3.09. The largest absolute Gasteiger partial charge is 0.493 e. The number of hydrogen-bond donors (Lipinski definition) is 1. The van der Waals surface area contributed by atoms with Gasteiger partial charge in [0, 0.05) is 13.1 Å². The van der Waals surface area contributed by atoms with Gasteiger partial charge in [-0.05, 0) is 56.6 Å². The molecule has 0 saturated carbocycles. The van der Waals surface area contributed by atoms with Crippen LogP contribution in [0.1, 0.15) is 24.3 Å². The van der Waals surface area contributed by atoms with E-state index < -0.39 is 0 Å². The lowest BCUT2D eigenvalue weighted by Gasteiger charge is -2.36. The van der Waals surface area contributed by atoms with Crippen LogP contribution in [0.15, 0.2) is 18.2 Å². The Labute approximate surface area is 121 Å². The first-order valence-corrected chi connectivity index (χ1v) is 7.50. The minimum absolute atomic E-state index is 0.303. The molecule has 0 unspecified atom stereocenters. The molecule has 0 atom stereocenters. The molecule has 2 aliphatic rings. The van der Waals surface area contributed by atoms with Gasteiger partial charge in [0.2, 0.25) is 0 Å². The van der Waals surface area contributed by atoms with Gasteiger partial charge in [0.15, 0.2) is 11.5 Å². The normalized spacial score (nSPS) is 21.5. The number of nitrogens with zero attached hydrogens (tertiary/aromatic N) is 1. The summed E-state index contributed by atoms with van der Waals surface area (Å²) in [5, 5.41) is 3.42. The molecule has 1 aromatic carbocycles. The first-order chi connectivity index (χ1) is 9.76. The number of piperidine rings is 1. The number of rotatable bonds is 4. The molecule has 1 N–H and O–H groups in total. The third kappa shape index (κ3) is 2.91. The molecule has 2 fully saturated rings. The van der Waals surface area contributed by atoms with Crippen molar-refractivity contribution in [3.8, 4) is 11.5 Å².